The van der Waals surface area contributed by atoms with Crippen molar-refractivity contribution in [2.24, 2.45) is 0 Å². The molecule has 0 aromatic heterocycles. The molecule has 0 aliphatic carbocycles. The normalized spacial score (nSPS) is 10.7. The molecule has 0 saturated heterocycles. The first-order chi connectivity index (χ1) is 3.06. The summed E-state index contributed by atoms with van der Waals surface area (Å²) in [5.41, 5.74) is 0. The first kappa shape index (κ1) is 6.43. The third-order valence-electron chi connectivity index (χ3n) is 0.337. The van der Waals surface area contributed by atoms with Crippen molar-refractivity contribution in [3.63, 3.8) is 0 Å². The molecule has 1 N–H and O–H groups in total. The van der Waals surface area contributed by atoms with Crippen LogP contribution in [0.1, 0.15) is 13.8 Å². The molecule has 3 heteroatoms. The van der Waals surface area contributed by atoms with E-state index in [1.165, 1.54) is 13.8 Å². The van der Waals surface area contributed by atoms with Crippen LogP contribution < -0.4 is 0 Å². The van der Waals surface area contributed by atoms with Gasteiger partial charge in [-0.3, -0.25) is 4.79 Å². The van der Waals surface area contributed by atoms with Crippen molar-refractivity contribution in [2.75, 3.05) is 0 Å². The van der Waals surface area contributed by atoms with Crippen LogP contribution in [0.5, 0.6) is 0 Å². The molecule has 0 aromatic rings. The number of hydrogen-bond acceptors (Lipinski definition) is 3. The van der Waals surface area contributed by atoms with E-state index >= 15 is 0 Å². The molecule has 42 valence electrons. The zero-order chi connectivity index (χ0) is 5.91. The molecule has 0 heterocycles. The van der Waals surface area contributed by atoms with Gasteiger partial charge in [0.25, 0.3) is 6.47 Å². The molecule has 0 aromatic carbocycles. The van der Waals surface area contributed by atoms with Crippen molar-refractivity contribution >= 4 is 6.47 Å². The number of hydrogen-bond donors (Lipinski definition) is 1. The average Bonchev–Trinajstić information content (AvgIpc) is 1.30. The Morgan fingerprint density at radius 1 is 1.71 bits per heavy atom. The van der Waals surface area contributed by atoms with Crippen LogP contribution in [0.3, 0.4) is 0 Å². The van der Waals surface area contributed by atoms with Gasteiger partial charge in [0.2, 0.25) is 5.79 Å². The Morgan fingerprint density at radius 2 is 2.14 bits per heavy atom. The molecule has 0 spiro atoms. The summed E-state index contributed by atoms with van der Waals surface area (Å²) in [4.78, 5) is 9.44. The minimum atomic E-state index is -1.32. The lowest BCUT2D eigenvalue weighted by atomic mass is 10.4. The van der Waals surface area contributed by atoms with Gasteiger partial charge in [0.1, 0.15) is 0 Å². The smallest absolute Gasteiger partial charge is 0.295 e. The zero-order valence-corrected chi connectivity index (χ0v) is 4.34. The van der Waals surface area contributed by atoms with Gasteiger partial charge < -0.3 is 9.84 Å². The van der Waals surface area contributed by atoms with E-state index in [0.717, 1.165) is 0 Å². The van der Waals surface area contributed by atoms with Gasteiger partial charge in [-0.25, -0.2) is 0 Å². The van der Waals surface area contributed by atoms with Crippen molar-refractivity contribution in [3.05, 3.63) is 0 Å². The van der Waals surface area contributed by atoms with Crippen LogP contribution in [-0.2, 0) is 9.53 Å². The van der Waals surface area contributed by atoms with E-state index in [4.69, 9.17) is 5.11 Å². The van der Waals surface area contributed by atoms with Crippen molar-refractivity contribution in [2.45, 2.75) is 19.6 Å². The van der Waals surface area contributed by atoms with Gasteiger partial charge in [-0.05, 0) is 0 Å². The predicted molar refractivity (Wildman–Crippen MR) is 23.4 cm³/mol. The standard InChI is InChI=1S/C4H8O3/c1-4(2,6)7-3-5/h3,6H,1-2H3. The third-order valence-corrected chi connectivity index (χ3v) is 0.337. The van der Waals surface area contributed by atoms with Gasteiger partial charge in [-0.15, -0.1) is 0 Å². The van der Waals surface area contributed by atoms with Crippen LogP contribution in [-0.4, -0.2) is 17.4 Å². The summed E-state index contributed by atoms with van der Waals surface area (Å²) < 4.78 is 4.10. The van der Waals surface area contributed by atoms with Crippen molar-refractivity contribution in [1.29, 1.82) is 0 Å². The molecular weight excluding hydrogens is 96.0 g/mol. The zero-order valence-electron chi connectivity index (χ0n) is 4.34. The molecule has 0 atom stereocenters. The second kappa shape index (κ2) is 1.93. The maximum atomic E-state index is 9.44. The highest BCUT2D eigenvalue weighted by molar-refractivity contribution is 5.37. The van der Waals surface area contributed by atoms with E-state index in [9.17, 15) is 4.79 Å². The van der Waals surface area contributed by atoms with Gasteiger partial charge >= 0.3 is 0 Å². The first-order valence-corrected chi connectivity index (χ1v) is 1.90. The van der Waals surface area contributed by atoms with Gasteiger partial charge in [0.15, 0.2) is 0 Å². The quantitative estimate of drug-likeness (QED) is 0.392. The molecule has 0 amide bonds. The lowest BCUT2D eigenvalue weighted by Gasteiger charge is -2.12. The van der Waals surface area contributed by atoms with E-state index in [0.29, 0.717) is 0 Å². The van der Waals surface area contributed by atoms with Gasteiger partial charge in [-0.1, -0.05) is 0 Å². The SMILES string of the molecule is CC(C)(O)OC=O. The molecule has 3 nitrogen and oxygen atoms in total. The molecule has 0 fully saturated rings. The summed E-state index contributed by atoms with van der Waals surface area (Å²) in [6.45, 7) is 2.96. The predicted octanol–water partition coefficient (Wildman–Crippen LogP) is -0.112. The Kier molecular flexibility index (Phi) is 1.77. The topological polar surface area (TPSA) is 46.5 Å². The van der Waals surface area contributed by atoms with Crippen molar-refractivity contribution in [3.8, 4) is 0 Å². The summed E-state index contributed by atoms with van der Waals surface area (Å²) in [6, 6.07) is 0. The van der Waals surface area contributed by atoms with Gasteiger partial charge in [0.05, 0.1) is 0 Å². The van der Waals surface area contributed by atoms with Crippen LogP contribution in [0.4, 0.5) is 0 Å². The fourth-order valence-electron chi connectivity index (χ4n) is 0.118. The maximum absolute atomic E-state index is 9.44. The molecule has 0 radical (unpaired) electrons. The Morgan fingerprint density at radius 3 is 2.14 bits per heavy atom. The minimum absolute atomic E-state index is 0.208. The van der Waals surface area contributed by atoms with Crippen LogP contribution in [0.25, 0.3) is 0 Å². The number of ether oxygens (including phenoxy) is 1. The Balaban J connectivity index is 3.34. The number of carbonyl (C=O) groups is 1. The molecule has 0 bridgehead atoms. The van der Waals surface area contributed by atoms with Crippen molar-refractivity contribution < 1.29 is 14.6 Å². The first-order valence-electron chi connectivity index (χ1n) is 1.90. The van der Waals surface area contributed by atoms with E-state index in [-0.39, 0.29) is 6.47 Å². The molecular formula is C4H8O3. The fourth-order valence-corrected chi connectivity index (χ4v) is 0.118. The summed E-state index contributed by atoms with van der Waals surface area (Å²) in [5, 5.41) is 8.56. The number of rotatable bonds is 2. The molecule has 0 unspecified atom stereocenters. The second-order valence-electron chi connectivity index (χ2n) is 1.66. The average molecular weight is 104 g/mol. The maximum Gasteiger partial charge on any atom is 0.295 e. The highest BCUT2D eigenvalue weighted by Gasteiger charge is 2.10. The van der Waals surface area contributed by atoms with E-state index in [2.05, 4.69) is 4.74 Å². The van der Waals surface area contributed by atoms with Crippen molar-refractivity contribution in [1.82, 2.24) is 0 Å². The Labute approximate surface area is 41.9 Å². The van der Waals surface area contributed by atoms with Gasteiger partial charge in [-0.2, -0.15) is 0 Å². The number of aliphatic hydroxyl groups is 1. The summed E-state index contributed by atoms with van der Waals surface area (Å²) in [6.07, 6.45) is 0. The monoisotopic (exact) mass is 104 g/mol. The Hall–Kier alpha value is -0.570. The van der Waals surface area contributed by atoms with Crippen LogP contribution >= 0.6 is 0 Å². The second-order valence-corrected chi connectivity index (χ2v) is 1.66. The fraction of sp³-hybridized carbons (Fsp3) is 0.750. The van der Waals surface area contributed by atoms with Crippen LogP contribution in [0.2, 0.25) is 0 Å². The largest absolute Gasteiger partial charge is 0.436 e. The Bertz CT molecular complexity index is 61.8. The van der Waals surface area contributed by atoms with Crippen LogP contribution in [0, 0.1) is 0 Å². The molecule has 0 saturated carbocycles. The lowest BCUT2D eigenvalue weighted by Crippen LogP contribution is -2.21. The molecule has 0 aliphatic heterocycles. The van der Waals surface area contributed by atoms with Crippen LogP contribution in [0.15, 0.2) is 0 Å². The highest BCUT2D eigenvalue weighted by Crippen LogP contribution is 1.98. The van der Waals surface area contributed by atoms with E-state index < -0.39 is 5.79 Å². The minimum Gasteiger partial charge on any atom is -0.436 e. The molecule has 0 rings (SSSR count). The van der Waals surface area contributed by atoms with Gasteiger partial charge in [0, 0.05) is 13.8 Å². The van der Waals surface area contributed by atoms with E-state index in [1.54, 1.807) is 0 Å². The summed E-state index contributed by atoms with van der Waals surface area (Å²) >= 11 is 0. The molecule has 0 aliphatic rings. The number of carbonyl (C=O) groups excluding carboxylic acids is 1. The highest BCUT2D eigenvalue weighted by atomic mass is 16.6. The molecule has 7 heavy (non-hydrogen) atoms. The summed E-state index contributed by atoms with van der Waals surface area (Å²) in [5.74, 6) is -1.32. The third kappa shape index (κ3) is 5.43. The summed E-state index contributed by atoms with van der Waals surface area (Å²) in [7, 11) is 0. The lowest BCUT2D eigenvalue weighted by molar-refractivity contribution is -0.179. The van der Waals surface area contributed by atoms with E-state index in [1.807, 2.05) is 0 Å².